The van der Waals surface area contributed by atoms with Crippen LogP contribution < -0.4 is 10.6 Å². The molecule has 3 amide bonds. The van der Waals surface area contributed by atoms with E-state index in [0.717, 1.165) is 49.9 Å². The summed E-state index contributed by atoms with van der Waals surface area (Å²) in [6, 6.07) is 0.0901. The highest BCUT2D eigenvalue weighted by Crippen LogP contribution is 2.60. The SMILES string of the molecule is COC(=O)N1CCC(NC(=O)CCNC(=O)C23CC4CC(CC(C4)C2)C3)CC1. The second kappa shape index (κ2) is 7.91. The summed E-state index contributed by atoms with van der Waals surface area (Å²) < 4.78 is 4.73. The van der Waals surface area contributed by atoms with Gasteiger partial charge in [0.2, 0.25) is 11.8 Å². The maximum absolute atomic E-state index is 12.9. The summed E-state index contributed by atoms with van der Waals surface area (Å²) in [6.45, 7) is 1.61. The van der Waals surface area contributed by atoms with E-state index in [1.165, 1.54) is 26.4 Å². The van der Waals surface area contributed by atoms with Crippen LogP contribution in [0.3, 0.4) is 0 Å². The Morgan fingerprint density at radius 3 is 2.11 bits per heavy atom. The van der Waals surface area contributed by atoms with Crippen LogP contribution >= 0.6 is 0 Å². The maximum Gasteiger partial charge on any atom is 0.409 e. The van der Waals surface area contributed by atoms with Gasteiger partial charge in [0, 0.05) is 37.5 Å². The first-order valence-electron chi connectivity index (χ1n) is 10.9. The van der Waals surface area contributed by atoms with Gasteiger partial charge < -0.3 is 20.3 Å². The topological polar surface area (TPSA) is 87.7 Å². The van der Waals surface area contributed by atoms with E-state index in [4.69, 9.17) is 4.74 Å². The van der Waals surface area contributed by atoms with Gasteiger partial charge in [-0.3, -0.25) is 9.59 Å². The van der Waals surface area contributed by atoms with Crippen LogP contribution in [0.15, 0.2) is 0 Å². The van der Waals surface area contributed by atoms with E-state index >= 15 is 0 Å². The largest absolute Gasteiger partial charge is 0.453 e. The van der Waals surface area contributed by atoms with E-state index in [1.54, 1.807) is 4.90 Å². The summed E-state index contributed by atoms with van der Waals surface area (Å²) in [5.74, 6) is 2.40. The van der Waals surface area contributed by atoms with E-state index < -0.39 is 0 Å². The third-order valence-electron chi connectivity index (χ3n) is 7.45. The number of likely N-dealkylation sites (tertiary alicyclic amines) is 1. The summed E-state index contributed by atoms with van der Waals surface area (Å²) >= 11 is 0. The summed E-state index contributed by atoms with van der Waals surface area (Å²) in [4.78, 5) is 38.3. The average molecular weight is 392 g/mol. The van der Waals surface area contributed by atoms with Gasteiger partial charge in [-0.1, -0.05) is 0 Å². The van der Waals surface area contributed by atoms with Crippen LogP contribution in [-0.2, 0) is 14.3 Å². The molecule has 0 aromatic heterocycles. The van der Waals surface area contributed by atoms with Crippen molar-refractivity contribution in [1.29, 1.82) is 0 Å². The van der Waals surface area contributed by atoms with Crippen LogP contribution in [0.1, 0.15) is 57.8 Å². The molecule has 4 aliphatic carbocycles. The highest BCUT2D eigenvalue weighted by molar-refractivity contribution is 5.84. The van der Waals surface area contributed by atoms with Crippen molar-refractivity contribution >= 4 is 17.9 Å². The molecule has 1 saturated heterocycles. The molecule has 0 aromatic rings. The highest BCUT2D eigenvalue weighted by atomic mass is 16.5. The second-order valence-electron chi connectivity index (χ2n) is 9.50. The molecule has 7 nitrogen and oxygen atoms in total. The van der Waals surface area contributed by atoms with Gasteiger partial charge in [-0.2, -0.15) is 0 Å². The maximum atomic E-state index is 12.9. The molecule has 156 valence electrons. The molecule has 4 saturated carbocycles. The van der Waals surface area contributed by atoms with Crippen LogP contribution in [0.2, 0.25) is 0 Å². The van der Waals surface area contributed by atoms with Crippen molar-refractivity contribution in [2.45, 2.75) is 63.8 Å². The number of hydrogen-bond acceptors (Lipinski definition) is 4. The fraction of sp³-hybridized carbons (Fsp3) is 0.857. The van der Waals surface area contributed by atoms with Crippen molar-refractivity contribution in [1.82, 2.24) is 15.5 Å². The number of hydrogen-bond donors (Lipinski definition) is 2. The Kier molecular flexibility index (Phi) is 5.52. The van der Waals surface area contributed by atoms with Crippen LogP contribution in [0.5, 0.6) is 0 Å². The van der Waals surface area contributed by atoms with Crippen LogP contribution in [0.25, 0.3) is 0 Å². The van der Waals surface area contributed by atoms with Crippen molar-refractivity contribution in [2.75, 3.05) is 26.7 Å². The Morgan fingerprint density at radius 1 is 1.00 bits per heavy atom. The molecular formula is C21H33N3O4. The lowest BCUT2D eigenvalue weighted by Gasteiger charge is -2.55. The molecule has 7 heteroatoms. The summed E-state index contributed by atoms with van der Waals surface area (Å²) in [7, 11) is 1.38. The molecule has 1 heterocycles. The number of nitrogens with one attached hydrogen (secondary N) is 2. The molecule has 0 radical (unpaired) electrons. The highest BCUT2D eigenvalue weighted by Gasteiger charge is 2.54. The van der Waals surface area contributed by atoms with Crippen LogP contribution in [-0.4, -0.2) is 55.6 Å². The van der Waals surface area contributed by atoms with Crippen molar-refractivity contribution < 1.29 is 19.1 Å². The summed E-state index contributed by atoms with van der Waals surface area (Å²) in [6.07, 6.45) is 8.60. The number of rotatable bonds is 5. The lowest BCUT2D eigenvalue weighted by molar-refractivity contribution is -0.146. The first kappa shape index (κ1) is 19.5. The fourth-order valence-electron chi connectivity index (χ4n) is 6.50. The summed E-state index contributed by atoms with van der Waals surface area (Å²) in [5.41, 5.74) is -0.147. The van der Waals surface area contributed by atoms with Gasteiger partial charge in [0.1, 0.15) is 0 Å². The Hall–Kier alpha value is -1.79. The molecule has 5 rings (SSSR count). The lowest BCUT2D eigenvalue weighted by Crippen LogP contribution is -2.54. The zero-order chi connectivity index (χ0) is 19.7. The van der Waals surface area contributed by atoms with Gasteiger partial charge >= 0.3 is 6.09 Å². The zero-order valence-corrected chi connectivity index (χ0v) is 16.9. The third-order valence-corrected chi connectivity index (χ3v) is 7.45. The smallest absolute Gasteiger partial charge is 0.409 e. The molecule has 0 spiro atoms. The molecule has 0 atom stereocenters. The number of methoxy groups -OCH3 is 1. The molecule has 2 N–H and O–H groups in total. The van der Waals surface area contributed by atoms with Crippen LogP contribution in [0, 0.1) is 23.2 Å². The standard InChI is InChI=1S/C21H33N3O4/c1-28-20(27)24-6-3-17(4-7-24)23-18(25)2-5-22-19(26)21-11-14-8-15(12-21)10-16(9-14)13-21/h14-17H,2-13H2,1H3,(H,22,26)(H,23,25). The normalized spacial score (nSPS) is 34.2. The minimum Gasteiger partial charge on any atom is -0.453 e. The van der Waals surface area contributed by atoms with E-state index in [9.17, 15) is 14.4 Å². The number of carbonyl (C=O) groups is 3. The Bertz CT molecular complexity index is 592. The monoisotopic (exact) mass is 391 g/mol. The Labute approximate surface area is 166 Å². The van der Waals surface area contributed by atoms with Crippen molar-refractivity contribution in [2.24, 2.45) is 23.2 Å². The van der Waals surface area contributed by atoms with Gasteiger partial charge in [-0.05, 0) is 69.1 Å². The van der Waals surface area contributed by atoms with E-state index in [-0.39, 0.29) is 29.4 Å². The molecule has 28 heavy (non-hydrogen) atoms. The minimum atomic E-state index is -0.308. The van der Waals surface area contributed by atoms with Gasteiger partial charge in [0.05, 0.1) is 7.11 Å². The molecule has 4 bridgehead atoms. The number of carbonyl (C=O) groups excluding carboxylic acids is 3. The summed E-state index contributed by atoms with van der Waals surface area (Å²) in [5, 5.41) is 6.10. The molecule has 0 aromatic carbocycles. The minimum absolute atomic E-state index is 0.0256. The molecule has 5 fully saturated rings. The van der Waals surface area contributed by atoms with Gasteiger partial charge in [-0.15, -0.1) is 0 Å². The fourth-order valence-corrected chi connectivity index (χ4v) is 6.50. The predicted octanol–water partition coefficient (Wildman–Crippen LogP) is 2.06. The van der Waals surface area contributed by atoms with Crippen molar-refractivity contribution in [3.63, 3.8) is 0 Å². The first-order chi connectivity index (χ1) is 13.5. The van der Waals surface area contributed by atoms with Gasteiger partial charge in [-0.25, -0.2) is 4.79 Å². The third kappa shape index (κ3) is 3.98. The molecule has 1 aliphatic heterocycles. The number of amides is 3. The zero-order valence-electron chi connectivity index (χ0n) is 16.9. The second-order valence-corrected chi connectivity index (χ2v) is 9.50. The predicted molar refractivity (Wildman–Crippen MR) is 103 cm³/mol. The Morgan fingerprint density at radius 2 is 1.57 bits per heavy atom. The van der Waals surface area contributed by atoms with Crippen molar-refractivity contribution in [3.05, 3.63) is 0 Å². The molecule has 5 aliphatic rings. The van der Waals surface area contributed by atoms with Crippen molar-refractivity contribution in [3.8, 4) is 0 Å². The van der Waals surface area contributed by atoms with Crippen LogP contribution in [0.4, 0.5) is 4.79 Å². The van der Waals surface area contributed by atoms with Gasteiger partial charge in [0.25, 0.3) is 0 Å². The first-order valence-corrected chi connectivity index (χ1v) is 10.9. The van der Waals surface area contributed by atoms with Gasteiger partial charge in [0.15, 0.2) is 0 Å². The van der Waals surface area contributed by atoms with E-state index in [2.05, 4.69) is 10.6 Å². The Balaban J connectivity index is 1.17. The molecule has 0 unspecified atom stereocenters. The lowest BCUT2D eigenvalue weighted by atomic mass is 9.49. The van der Waals surface area contributed by atoms with E-state index in [1.807, 2.05) is 0 Å². The quantitative estimate of drug-likeness (QED) is 0.751. The number of piperidine rings is 1. The molecular weight excluding hydrogens is 358 g/mol. The average Bonchev–Trinajstić information content (AvgIpc) is 2.67. The number of nitrogens with zero attached hydrogens (tertiary/aromatic N) is 1. The number of ether oxygens (including phenoxy) is 1. The van der Waals surface area contributed by atoms with E-state index in [0.29, 0.717) is 26.1 Å².